The smallest absolute Gasteiger partial charge is 0.234 e. The number of benzene rings is 1. The molecular formula is C16H14ClN5OS. The molecule has 24 heavy (non-hydrogen) atoms. The summed E-state index contributed by atoms with van der Waals surface area (Å²) in [4.78, 5) is 0.792. The van der Waals surface area contributed by atoms with Crippen molar-refractivity contribution in [2.24, 2.45) is 0 Å². The minimum Gasteiger partial charge on any atom is -0.361 e. The highest BCUT2D eigenvalue weighted by Gasteiger charge is 2.16. The molecule has 3 heterocycles. The molecule has 122 valence electrons. The van der Waals surface area contributed by atoms with Crippen LogP contribution in [0.15, 0.2) is 28.8 Å². The molecule has 0 saturated carbocycles. The molecule has 6 nitrogen and oxygen atoms in total. The van der Waals surface area contributed by atoms with Gasteiger partial charge in [-0.2, -0.15) is 9.61 Å². The fourth-order valence-corrected chi connectivity index (χ4v) is 3.58. The van der Waals surface area contributed by atoms with Crippen molar-refractivity contribution in [2.45, 2.75) is 26.7 Å². The zero-order valence-corrected chi connectivity index (χ0v) is 14.7. The molecular weight excluding hydrogens is 346 g/mol. The van der Waals surface area contributed by atoms with Crippen LogP contribution in [-0.2, 0) is 12.8 Å². The third-order valence-electron chi connectivity index (χ3n) is 3.88. The third-order valence-corrected chi connectivity index (χ3v) is 5.03. The van der Waals surface area contributed by atoms with Gasteiger partial charge in [0.2, 0.25) is 4.96 Å². The molecule has 4 rings (SSSR count). The Kier molecular flexibility index (Phi) is 3.82. The van der Waals surface area contributed by atoms with Crippen molar-refractivity contribution in [1.29, 1.82) is 0 Å². The molecule has 0 amide bonds. The molecule has 0 aliphatic carbocycles. The number of fused-ring (bicyclic) bond motifs is 1. The van der Waals surface area contributed by atoms with Crippen LogP contribution in [0.4, 0.5) is 0 Å². The van der Waals surface area contributed by atoms with Crippen LogP contribution in [0.2, 0.25) is 5.02 Å². The van der Waals surface area contributed by atoms with Crippen LogP contribution in [0.5, 0.6) is 0 Å². The van der Waals surface area contributed by atoms with Gasteiger partial charge in [0.05, 0.1) is 5.69 Å². The van der Waals surface area contributed by atoms with Gasteiger partial charge < -0.3 is 4.52 Å². The lowest BCUT2D eigenvalue weighted by molar-refractivity contribution is 0.392. The third kappa shape index (κ3) is 2.81. The standard InChI is InChI=1S/C16H14ClN5OS/c1-9-13(10(2)23-21-9)8-14-18-19-16-22(14)20-15(24-16)7-11-3-5-12(17)6-4-11/h3-6H,7-8H2,1-2H3. The van der Waals surface area contributed by atoms with E-state index in [2.05, 4.69) is 20.5 Å². The highest BCUT2D eigenvalue weighted by atomic mass is 35.5. The first-order valence-electron chi connectivity index (χ1n) is 7.46. The van der Waals surface area contributed by atoms with E-state index < -0.39 is 0 Å². The average Bonchev–Trinajstić information content (AvgIpc) is 3.21. The first-order chi connectivity index (χ1) is 11.6. The Morgan fingerprint density at radius 1 is 1.12 bits per heavy atom. The van der Waals surface area contributed by atoms with Crippen LogP contribution in [0.1, 0.15) is 33.4 Å². The number of aryl methyl sites for hydroxylation is 2. The maximum absolute atomic E-state index is 5.93. The van der Waals surface area contributed by atoms with Gasteiger partial charge in [0, 0.05) is 23.4 Å². The summed E-state index contributed by atoms with van der Waals surface area (Å²) in [5, 5.41) is 18.8. The molecule has 0 atom stereocenters. The molecule has 0 bridgehead atoms. The van der Waals surface area contributed by atoms with E-state index >= 15 is 0 Å². The second kappa shape index (κ2) is 5.99. The monoisotopic (exact) mass is 359 g/mol. The van der Waals surface area contributed by atoms with Gasteiger partial charge in [0.1, 0.15) is 10.8 Å². The van der Waals surface area contributed by atoms with Gasteiger partial charge in [-0.3, -0.25) is 0 Å². The zero-order valence-electron chi connectivity index (χ0n) is 13.2. The first-order valence-corrected chi connectivity index (χ1v) is 8.66. The van der Waals surface area contributed by atoms with E-state index in [1.807, 2.05) is 42.6 Å². The van der Waals surface area contributed by atoms with E-state index in [4.69, 9.17) is 16.1 Å². The van der Waals surface area contributed by atoms with Gasteiger partial charge >= 0.3 is 0 Å². The van der Waals surface area contributed by atoms with Gasteiger partial charge in [-0.1, -0.05) is 40.2 Å². The van der Waals surface area contributed by atoms with E-state index in [0.29, 0.717) is 6.42 Å². The lowest BCUT2D eigenvalue weighted by Gasteiger charge is -1.98. The number of nitrogens with zero attached hydrogens (tertiary/aromatic N) is 5. The van der Waals surface area contributed by atoms with Crippen molar-refractivity contribution in [3.63, 3.8) is 0 Å². The number of aromatic nitrogens is 5. The summed E-state index contributed by atoms with van der Waals surface area (Å²) in [5.41, 5.74) is 3.08. The van der Waals surface area contributed by atoms with Crippen LogP contribution < -0.4 is 0 Å². The Bertz CT molecular complexity index is 982. The highest BCUT2D eigenvalue weighted by Crippen LogP contribution is 2.21. The SMILES string of the molecule is Cc1noc(C)c1Cc1nnc2sc(Cc3ccc(Cl)cc3)nn12. The van der Waals surface area contributed by atoms with Crippen LogP contribution in [0, 0.1) is 13.8 Å². The number of hydrogen-bond acceptors (Lipinski definition) is 6. The summed E-state index contributed by atoms with van der Waals surface area (Å²) in [6, 6.07) is 7.80. The second-order valence-electron chi connectivity index (χ2n) is 5.59. The molecule has 0 spiro atoms. The van der Waals surface area contributed by atoms with Gasteiger partial charge in [-0.15, -0.1) is 10.2 Å². The second-order valence-corrected chi connectivity index (χ2v) is 7.07. The van der Waals surface area contributed by atoms with E-state index in [1.165, 1.54) is 0 Å². The van der Waals surface area contributed by atoms with E-state index in [1.54, 1.807) is 11.3 Å². The van der Waals surface area contributed by atoms with Crippen LogP contribution in [0.25, 0.3) is 4.96 Å². The molecule has 1 aromatic carbocycles. The Balaban J connectivity index is 1.62. The molecule has 0 radical (unpaired) electrons. The molecule has 0 aliphatic rings. The molecule has 0 N–H and O–H groups in total. The van der Waals surface area contributed by atoms with Crippen molar-refractivity contribution in [3.05, 3.63) is 62.7 Å². The predicted octanol–water partition coefficient (Wildman–Crippen LogP) is 3.63. The van der Waals surface area contributed by atoms with Crippen molar-refractivity contribution >= 4 is 27.9 Å². The summed E-state index contributed by atoms with van der Waals surface area (Å²) in [6.45, 7) is 3.83. The van der Waals surface area contributed by atoms with Gasteiger partial charge in [0.25, 0.3) is 0 Å². The maximum Gasteiger partial charge on any atom is 0.234 e. The summed E-state index contributed by atoms with van der Waals surface area (Å²) >= 11 is 7.47. The fraction of sp³-hybridized carbons (Fsp3) is 0.250. The summed E-state index contributed by atoms with van der Waals surface area (Å²) < 4.78 is 7.02. The molecule has 8 heteroatoms. The summed E-state index contributed by atoms with van der Waals surface area (Å²) in [7, 11) is 0. The van der Waals surface area contributed by atoms with E-state index in [9.17, 15) is 0 Å². The maximum atomic E-state index is 5.93. The Hall–Kier alpha value is -2.25. The van der Waals surface area contributed by atoms with Crippen molar-refractivity contribution in [1.82, 2.24) is 25.0 Å². The topological polar surface area (TPSA) is 69.1 Å². The number of rotatable bonds is 4. The quantitative estimate of drug-likeness (QED) is 0.556. The zero-order chi connectivity index (χ0) is 16.7. The highest BCUT2D eigenvalue weighted by molar-refractivity contribution is 7.16. The van der Waals surface area contributed by atoms with Crippen molar-refractivity contribution < 1.29 is 4.52 Å². The Morgan fingerprint density at radius 3 is 2.62 bits per heavy atom. The van der Waals surface area contributed by atoms with Crippen molar-refractivity contribution in [3.8, 4) is 0 Å². The number of hydrogen-bond donors (Lipinski definition) is 0. The Labute approximate surface area is 147 Å². The molecule has 3 aromatic heterocycles. The number of halogens is 1. The Morgan fingerprint density at radius 2 is 1.92 bits per heavy atom. The normalized spacial score (nSPS) is 11.5. The fourth-order valence-electron chi connectivity index (χ4n) is 2.57. The average molecular weight is 360 g/mol. The molecule has 0 fully saturated rings. The lowest BCUT2D eigenvalue weighted by atomic mass is 10.1. The summed E-state index contributed by atoms with van der Waals surface area (Å²) in [6.07, 6.45) is 1.35. The molecule has 0 unspecified atom stereocenters. The van der Waals surface area contributed by atoms with Crippen LogP contribution >= 0.6 is 22.9 Å². The first kappa shape index (κ1) is 15.3. The minimum absolute atomic E-state index is 0.604. The summed E-state index contributed by atoms with van der Waals surface area (Å²) in [5.74, 6) is 1.60. The minimum atomic E-state index is 0.604. The van der Waals surface area contributed by atoms with E-state index in [0.717, 1.165) is 49.8 Å². The molecule has 0 aliphatic heterocycles. The van der Waals surface area contributed by atoms with Gasteiger partial charge in [-0.05, 0) is 31.5 Å². The van der Waals surface area contributed by atoms with Crippen LogP contribution in [-0.4, -0.2) is 25.0 Å². The van der Waals surface area contributed by atoms with Gasteiger partial charge in [0.15, 0.2) is 5.82 Å². The molecule has 4 aromatic rings. The van der Waals surface area contributed by atoms with Crippen LogP contribution in [0.3, 0.4) is 0 Å². The molecule has 0 saturated heterocycles. The lowest BCUT2D eigenvalue weighted by Crippen LogP contribution is -2.00. The van der Waals surface area contributed by atoms with Gasteiger partial charge in [-0.25, -0.2) is 0 Å². The van der Waals surface area contributed by atoms with Crippen molar-refractivity contribution in [2.75, 3.05) is 0 Å². The largest absolute Gasteiger partial charge is 0.361 e. The van der Waals surface area contributed by atoms with E-state index in [-0.39, 0.29) is 0 Å². The predicted molar refractivity (Wildman–Crippen MR) is 91.7 cm³/mol.